The number of amides is 1. The van der Waals surface area contributed by atoms with E-state index in [-0.39, 0.29) is 17.4 Å². The smallest absolute Gasteiger partial charge is 0.326 e. The Morgan fingerprint density at radius 3 is 2.65 bits per heavy atom. The van der Waals surface area contributed by atoms with Crippen molar-refractivity contribution in [3.8, 4) is 0 Å². The van der Waals surface area contributed by atoms with E-state index in [1.165, 1.54) is 0 Å². The second-order valence-corrected chi connectivity index (χ2v) is 5.29. The van der Waals surface area contributed by atoms with Gasteiger partial charge >= 0.3 is 5.97 Å². The highest BCUT2D eigenvalue weighted by Crippen LogP contribution is 2.30. The number of hydrogen-bond acceptors (Lipinski definition) is 3. The molecule has 0 spiro atoms. The summed E-state index contributed by atoms with van der Waals surface area (Å²) in [5, 5.41) is 14.7. The Kier molecular flexibility index (Phi) is 4.51. The zero-order chi connectivity index (χ0) is 13.1. The number of aliphatic carboxylic acids is 1. The minimum absolute atomic E-state index is 0.126. The molecule has 0 aromatic rings. The number of carboxylic acids is 1. The highest BCUT2D eigenvalue weighted by Gasteiger charge is 2.38. The minimum atomic E-state index is -0.977. The van der Waals surface area contributed by atoms with Gasteiger partial charge in [0.2, 0.25) is 5.91 Å². The third kappa shape index (κ3) is 3.43. The highest BCUT2D eigenvalue weighted by molar-refractivity contribution is 5.87. The Morgan fingerprint density at radius 1 is 1.53 bits per heavy atom. The first-order chi connectivity index (χ1) is 7.88. The van der Waals surface area contributed by atoms with E-state index in [9.17, 15) is 9.59 Å². The first-order valence-electron chi connectivity index (χ1n) is 6.15. The van der Waals surface area contributed by atoms with Crippen LogP contribution in [0.3, 0.4) is 0 Å². The Morgan fingerprint density at radius 2 is 2.18 bits per heavy atom. The molecule has 0 bridgehead atoms. The lowest BCUT2D eigenvalue weighted by Crippen LogP contribution is -2.58. The van der Waals surface area contributed by atoms with Crippen molar-refractivity contribution >= 4 is 11.9 Å². The average molecular weight is 242 g/mol. The molecule has 17 heavy (non-hydrogen) atoms. The molecular formula is C12H22N2O3. The van der Waals surface area contributed by atoms with Crippen molar-refractivity contribution in [1.29, 1.82) is 0 Å². The van der Waals surface area contributed by atoms with E-state index in [1.807, 2.05) is 13.8 Å². The molecule has 1 saturated heterocycles. The normalized spacial score (nSPS) is 25.0. The monoisotopic (exact) mass is 242 g/mol. The summed E-state index contributed by atoms with van der Waals surface area (Å²) in [7, 11) is 0. The molecule has 1 fully saturated rings. The van der Waals surface area contributed by atoms with E-state index in [0.29, 0.717) is 6.42 Å². The molecule has 0 aromatic carbocycles. The fourth-order valence-corrected chi connectivity index (χ4v) is 2.25. The largest absolute Gasteiger partial charge is 0.480 e. The van der Waals surface area contributed by atoms with Crippen molar-refractivity contribution in [2.75, 3.05) is 6.54 Å². The van der Waals surface area contributed by atoms with Gasteiger partial charge in [0, 0.05) is 0 Å². The summed E-state index contributed by atoms with van der Waals surface area (Å²) in [4.78, 5) is 22.9. The van der Waals surface area contributed by atoms with Crippen LogP contribution in [0, 0.1) is 5.41 Å². The number of rotatable bonds is 4. The predicted molar refractivity (Wildman–Crippen MR) is 64.7 cm³/mol. The maximum absolute atomic E-state index is 12.1. The summed E-state index contributed by atoms with van der Waals surface area (Å²) in [5.41, 5.74) is -0.126. The van der Waals surface area contributed by atoms with E-state index in [1.54, 1.807) is 6.92 Å². The first kappa shape index (κ1) is 14.0. The molecule has 2 unspecified atom stereocenters. The van der Waals surface area contributed by atoms with Crippen LogP contribution in [-0.2, 0) is 9.59 Å². The highest BCUT2D eigenvalue weighted by atomic mass is 16.4. The molecule has 0 aliphatic carbocycles. The van der Waals surface area contributed by atoms with Crippen LogP contribution in [0.5, 0.6) is 0 Å². The predicted octanol–water partition coefficient (Wildman–Crippen LogP) is 0.744. The van der Waals surface area contributed by atoms with E-state index in [4.69, 9.17) is 5.11 Å². The van der Waals surface area contributed by atoms with Crippen LogP contribution >= 0.6 is 0 Å². The maximum Gasteiger partial charge on any atom is 0.326 e. The number of hydrogen-bond donors (Lipinski definition) is 3. The summed E-state index contributed by atoms with van der Waals surface area (Å²) in [6, 6.07) is -1.09. The standard InChI is InChI=1S/C12H22N2O3/c1-4-8(11(16)17)14-10(15)9-12(2,3)6-5-7-13-9/h8-9,13H,4-7H2,1-3H3,(H,14,15)(H,16,17). The molecule has 5 nitrogen and oxygen atoms in total. The van der Waals surface area contributed by atoms with Gasteiger partial charge in [-0.15, -0.1) is 0 Å². The van der Waals surface area contributed by atoms with E-state index >= 15 is 0 Å². The average Bonchev–Trinajstić information content (AvgIpc) is 2.24. The van der Waals surface area contributed by atoms with Gasteiger partial charge in [-0.1, -0.05) is 20.8 Å². The lowest BCUT2D eigenvalue weighted by molar-refractivity contribution is -0.142. The van der Waals surface area contributed by atoms with Gasteiger partial charge in [-0.3, -0.25) is 4.79 Å². The molecule has 0 aromatic heterocycles. The zero-order valence-corrected chi connectivity index (χ0v) is 10.7. The fraction of sp³-hybridized carbons (Fsp3) is 0.833. The van der Waals surface area contributed by atoms with E-state index in [2.05, 4.69) is 10.6 Å². The van der Waals surface area contributed by atoms with Crippen molar-refractivity contribution in [3.05, 3.63) is 0 Å². The minimum Gasteiger partial charge on any atom is -0.480 e. The van der Waals surface area contributed by atoms with Gasteiger partial charge < -0.3 is 15.7 Å². The van der Waals surface area contributed by atoms with Crippen LogP contribution in [0.4, 0.5) is 0 Å². The Labute approximate surface area is 102 Å². The summed E-state index contributed by atoms with van der Waals surface area (Å²) >= 11 is 0. The second kappa shape index (κ2) is 5.49. The number of carbonyl (C=O) groups is 2. The molecule has 1 aliphatic rings. The van der Waals surface area contributed by atoms with Gasteiger partial charge in [0.05, 0.1) is 6.04 Å². The van der Waals surface area contributed by atoms with Crippen LogP contribution in [-0.4, -0.2) is 35.6 Å². The third-order valence-electron chi connectivity index (χ3n) is 3.41. The van der Waals surface area contributed by atoms with Gasteiger partial charge in [-0.2, -0.15) is 0 Å². The van der Waals surface area contributed by atoms with Gasteiger partial charge in [0.1, 0.15) is 6.04 Å². The van der Waals surface area contributed by atoms with Crippen LogP contribution in [0.2, 0.25) is 0 Å². The Hall–Kier alpha value is -1.10. The number of carbonyl (C=O) groups excluding carboxylic acids is 1. The van der Waals surface area contributed by atoms with Crippen molar-refractivity contribution in [2.45, 2.75) is 52.1 Å². The molecular weight excluding hydrogens is 220 g/mol. The molecule has 1 heterocycles. The molecule has 3 N–H and O–H groups in total. The Balaban J connectivity index is 2.65. The molecule has 0 radical (unpaired) electrons. The molecule has 1 aliphatic heterocycles. The molecule has 1 amide bonds. The van der Waals surface area contributed by atoms with Crippen LogP contribution in [0.25, 0.3) is 0 Å². The number of carboxylic acid groups (broad SMARTS) is 1. The van der Waals surface area contributed by atoms with Gasteiger partial charge in [-0.25, -0.2) is 4.79 Å². The maximum atomic E-state index is 12.1. The van der Waals surface area contributed by atoms with Crippen molar-refractivity contribution in [3.63, 3.8) is 0 Å². The summed E-state index contributed by atoms with van der Waals surface area (Å²) in [6.07, 6.45) is 2.42. The van der Waals surface area contributed by atoms with Crippen molar-refractivity contribution in [2.24, 2.45) is 5.41 Å². The first-order valence-corrected chi connectivity index (χ1v) is 6.15. The summed E-state index contributed by atoms with van der Waals surface area (Å²) < 4.78 is 0. The molecule has 1 rings (SSSR count). The Bertz CT molecular complexity index is 302. The van der Waals surface area contributed by atoms with Gasteiger partial charge in [-0.05, 0) is 31.2 Å². The quantitative estimate of drug-likeness (QED) is 0.679. The lowest BCUT2D eigenvalue weighted by Gasteiger charge is -2.38. The number of piperidine rings is 1. The third-order valence-corrected chi connectivity index (χ3v) is 3.41. The van der Waals surface area contributed by atoms with E-state index in [0.717, 1.165) is 19.4 Å². The summed E-state index contributed by atoms with van der Waals surface area (Å²) in [6.45, 7) is 6.63. The van der Waals surface area contributed by atoms with Crippen LogP contribution in [0.15, 0.2) is 0 Å². The second-order valence-electron chi connectivity index (χ2n) is 5.29. The van der Waals surface area contributed by atoms with Crippen molar-refractivity contribution < 1.29 is 14.7 Å². The SMILES string of the molecule is CCC(NC(=O)C1NCCCC1(C)C)C(=O)O. The zero-order valence-electron chi connectivity index (χ0n) is 10.7. The topological polar surface area (TPSA) is 78.4 Å². The van der Waals surface area contributed by atoms with Gasteiger partial charge in [0.25, 0.3) is 0 Å². The summed E-state index contributed by atoms with van der Waals surface area (Å²) in [5.74, 6) is -1.18. The lowest BCUT2D eigenvalue weighted by atomic mass is 9.77. The van der Waals surface area contributed by atoms with E-state index < -0.39 is 12.0 Å². The molecule has 0 saturated carbocycles. The molecule has 98 valence electrons. The van der Waals surface area contributed by atoms with Crippen LogP contribution in [0.1, 0.15) is 40.0 Å². The van der Waals surface area contributed by atoms with Crippen molar-refractivity contribution in [1.82, 2.24) is 10.6 Å². The molecule has 5 heteroatoms. The van der Waals surface area contributed by atoms with Crippen LogP contribution < -0.4 is 10.6 Å². The molecule has 2 atom stereocenters. The number of nitrogens with one attached hydrogen (secondary N) is 2. The van der Waals surface area contributed by atoms with Gasteiger partial charge in [0.15, 0.2) is 0 Å². The fourth-order valence-electron chi connectivity index (χ4n) is 2.25.